The van der Waals surface area contributed by atoms with E-state index in [1.807, 2.05) is 44.2 Å². The lowest BCUT2D eigenvalue weighted by Crippen LogP contribution is -2.44. The molecule has 1 atom stereocenters. The molecule has 0 fully saturated rings. The van der Waals surface area contributed by atoms with Crippen LogP contribution in [0.2, 0.25) is 0 Å². The molecule has 212 valence electrons. The van der Waals surface area contributed by atoms with Gasteiger partial charge in [-0.1, -0.05) is 50.2 Å². The van der Waals surface area contributed by atoms with Crippen LogP contribution in [0.15, 0.2) is 75.9 Å². The maximum absolute atomic E-state index is 13.5. The Morgan fingerprint density at radius 2 is 1.71 bits per heavy atom. The van der Waals surface area contributed by atoms with E-state index in [9.17, 15) is 14.4 Å². The van der Waals surface area contributed by atoms with Gasteiger partial charge in [0.15, 0.2) is 11.5 Å². The molecule has 4 aromatic rings. The van der Waals surface area contributed by atoms with Crippen molar-refractivity contribution in [3.63, 3.8) is 0 Å². The quantitative estimate of drug-likeness (QED) is 0.214. The second-order valence-electron chi connectivity index (χ2n) is 10.2. The third-order valence-corrected chi connectivity index (χ3v) is 6.59. The summed E-state index contributed by atoms with van der Waals surface area (Å²) in [7, 11) is 0. The van der Waals surface area contributed by atoms with E-state index in [0.29, 0.717) is 53.4 Å². The van der Waals surface area contributed by atoms with E-state index in [4.69, 9.17) is 23.4 Å². The molecule has 5 rings (SSSR count). The molecule has 9 heteroatoms. The first-order valence-electron chi connectivity index (χ1n) is 13.4. The average molecular weight is 558 g/mol. The van der Waals surface area contributed by atoms with Crippen LogP contribution in [0, 0.1) is 12.8 Å². The molecular weight excluding hydrogens is 526 g/mol. The van der Waals surface area contributed by atoms with Gasteiger partial charge in [-0.05, 0) is 54.7 Å². The van der Waals surface area contributed by atoms with Gasteiger partial charge in [-0.25, -0.2) is 9.59 Å². The number of esters is 1. The molecule has 1 aromatic heterocycles. The van der Waals surface area contributed by atoms with Gasteiger partial charge in [0.05, 0.1) is 10.9 Å². The minimum absolute atomic E-state index is 0.0768. The number of carbonyl (C=O) groups excluding carboxylic acids is 2. The van der Waals surface area contributed by atoms with Crippen LogP contribution >= 0.6 is 0 Å². The summed E-state index contributed by atoms with van der Waals surface area (Å²) in [6.45, 7) is 6.56. The van der Waals surface area contributed by atoms with Gasteiger partial charge in [-0.15, -0.1) is 0 Å². The second kappa shape index (κ2) is 12.2. The molecule has 0 saturated heterocycles. The zero-order chi connectivity index (χ0) is 28.9. The average Bonchev–Trinajstić information content (AvgIpc) is 2.96. The third kappa shape index (κ3) is 6.51. The normalized spacial score (nSPS) is 13.1. The molecule has 0 radical (unpaired) electrons. The van der Waals surface area contributed by atoms with Crippen molar-refractivity contribution in [2.75, 3.05) is 13.2 Å². The first kappa shape index (κ1) is 27.8. The van der Waals surface area contributed by atoms with E-state index in [2.05, 4.69) is 5.32 Å². The van der Waals surface area contributed by atoms with E-state index in [-0.39, 0.29) is 29.3 Å². The molecule has 1 aliphatic heterocycles. The van der Waals surface area contributed by atoms with Crippen LogP contribution < -0.4 is 25.0 Å². The SMILES string of the molecule is Cc1oc2cc(OC(=O)[C@H](CC(C)C)NC(=O)OCc3ccccc3)ccc2c(=O)c1-c1ccc2c(c1)OCCO2. The van der Waals surface area contributed by atoms with Crippen LogP contribution in [-0.2, 0) is 16.1 Å². The van der Waals surface area contributed by atoms with Crippen molar-refractivity contribution in [3.8, 4) is 28.4 Å². The smallest absolute Gasteiger partial charge is 0.408 e. The van der Waals surface area contributed by atoms with Crippen molar-refractivity contribution in [2.24, 2.45) is 5.92 Å². The largest absolute Gasteiger partial charge is 0.486 e. The summed E-state index contributed by atoms with van der Waals surface area (Å²) in [5, 5.41) is 2.95. The number of ether oxygens (including phenoxy) is 4. The number of benzene rings is 3. The fourth-order valence-electron chi connectivity index (χ4n) is 4.66. The molecular formula is C32H31NO8. The maximum Gasteiger partial charge on any atom is 0.408 e. The van der Waals surface area contributed by atoms with Crippen LogP contribution in [0.5, 0.6) is 17.2 Å². The van der Waals surface area contributed by atoms with Gasteiger partial charge in [-0.2, -0.15) is 0 Å². The molecule has 1 aliphatic rings. The van der Waals surface area contributed by atoms with Crippen molar-refractivity contribution in [1.29, 1.82) is 0 Å². The summed E-state index contributed by atoms with van der Waals surface area (Å²) in [6.07, 6.45) is -0.372. The highest BCUT2D eigenvalue weighted by molar-refractivity contribution is 5.86. The van der Waals surface area contributed by atoms with Crippen molar-refractivity contribution < 1.29 is 33.0 Å². The molecule has 0 bridgehead atoms. The minimum atomic E-state index is -0.930. The Kier molecular flexibility index (Phi) is 8.24. The number of hydrogen-bond acceptors (Lipinski definition) is 8. The summed E-state index contributed by atoms with van der Waals surface area (Å²) in [6, 6.07) is 18.2. The number of amides is 1. The summed E-state index contributed by atoms with van der Waals surface area (Å²) >= 11 is 0. The second-order valence-corrected chi connectivity index (χ2v) is 10.2. The van der Waals surface area contributed by atoms with Crippen molar-refractivity contribution >= 4 is 23.0 Å². The van der Waals surface area contributed by atoms with Crippen molar-refractivity contribution in [2.45, 2.75) is 39.8 Å². The highest BCUT2D eigenvalue weighted by atomic mass is 16.6. The summed E-state index contributed by atoms with van der Waals surface area (Å²) in [4.78, 5) is 39.0. The molecule has 3 aromatic carbocycles. The molecule has 0 spiro atoms. The minimum Gasteiger partial charge on any atom is -0.486 e. The first-order valence-corrected chi connectivity index (χ1v) is 13.4. The molecule has 9 nitrogen and oxygen atoms in total. The number of fused-ring (bicyclic) bond motifs is 2. The van der Waals surface area contributed by atoms with Crippen LogP contribution in [0.1, 0.15) is 31.6 Å². The number of rotatable bonds is 8. The summed E-state index contributed by atoms with van der Waals surface area (Å²) in [5.41, 5.74) is 1.94. The Morgan fingerprint density at radius 1 is 0.951 bits per heavy atom. The Morgan fingerprint density at radius 3 is 2.46 bits per heavy atom. The molecule has 0 saturated carbocycles. The lowest BCUT2D eigenvalue weighted by atomic mass is 10.0. The van der Waals surface area contributed by atoms with Crippen molar-refractivity contribution in [3.05, 3.63) is 88.3 Å². The van der Waals surface area contributed by atoms with Gasteiger partial charge in [0.2, 0.25) is 5.43 Å². The van der Waals surface area contributed by atoms with Gasteiger partial charge < -0.3 is 28.7 Å². The zero-order valence-corrected chi connectivity index (χ0v) is 23.1. The molecule has 2 heterocycles. The van der Waals surface area contributed by atoms with Crippen LogP contribution in [-0.4, -0.2) is 31.3 Å². The number of hydrogen-bond donors (Lipinski definition) is 1. The van der Waals surface area contributed by atoms with Crippen LogP contribution in [0.3, 0.4) is 0 Å². The van der Waals surface area contributed by atoms with Gasteiger partial charge in [0.25, 0.3) is 0 Å². The number of nitrogens with one attached hydrogen (secondary N) is 1. The Bertz CT molecular complexity index is 1630. The van der Waals surface area contributed by atoms with E-state index in [0.717, 1.165) is 5.56 Å². The predicted molar refractivity (Wildman–Crippen MR) is 152 cm³/mol. The third-order valence-electron chi connectivity index (χ3n) is 6.59. The number of aryl methyl sites for hydroxylation is 1. The molecule has 0 unspecified atom stereocenters. The van der Waals surface area contributed by atoms with Crippen molar-refractivity contribution in [1.82, 2.24) is 5.32 Å². The van der Waals surface area contributed by atoms with Gasteiger partial charge in [-0.3, -0.25) is 4.79 Å². The van der Waals surface area contributed by atoms with Gasteiger partial charge in [0, 0.05) is 6.07 Å². The highest BCUT2D eigenvalue weighted by Gasteiger charge is 2.25. The van der Waals surface area contributed by atoms with E-state index >= 15 is 0 Å². The van der Waals surface area contributed by atoms with E-state index in [1.165, 1.54) is 12.1 Å². The molecule has 1 amide bonds. The van der Waals surface area contributed by atoms with E-state index in [1.54, 1.807) is 31.2 Å². The Labute approximate surface area is 237 Å². The fraction of sp³-hybridized carbons (Fsp3) is 0.281. The molecule has 1 N–H and O–H groups in total. The first-order chi connectivity index (χ1) is 19.8. The number of alkyl carbamates (subject to hydrolysis) is 1. The molecule has 41 heavy (non-hydrogen) atoms. The Balaban J connectivity index is 1.33. The van der Waals surface area contributed by atoms with E-state index < -0.39 is 18.1 Å². The van der Waals surface area contributed by atoms with Crippen LogP contribution in [0.4, 0.5) is 4.79 Å². The predicted octanol–water partition coefficient (Wildman–Crippen LogP) is 5.79. The van der Waals surface area contributed by atoms with Gasteiger partial charge >= 0.3 is 12.1 Å². The molecule has 0 aliphatic carbocycles. The monoisotopic (exact) mass is 557 g/mol. The lowest BCUT2D eigenvalue weighted by Gasteiger charge is -2.19. The highest BCUT2D eigenvalue weighted by Crippen LogP contribution is 2.35. The zero-order valence-electron chi connectivity index (χ0n) is 23.1. The maximum atomic E-state index is 13.5. The lowest BCUT2D eigenvalue weighted by molar-refractivity contribution is -0.137. The van der Waals surface area contributed by atoms with Gasteiger partial charge in [0.1, 0.15) is 43.0 Å². The number of carbonyl (C=O) groups is 2. The Hall–Kier alpha value is -4.79. The standard InChI is InChI=1S/C32H31NO8/c1-19(2)15-25(33-32(36)39-18-21-7-5-4-6-8-21)31(35)41-23-10-11-24-27(17-23)40-20(3)29(30(24)34)22-9-12-26-28(16-22)38-14-13-37-26/h4-12,16-17,19,25H,13-15,18H2,1-3H3,(H,33,36)/t25-/m0/s1. The topological polar surface area (TPSA) is 113 Å². The summed E-state index contributed by atoms with van der Waals surface area (Å²) < 4.78 is 28.1. The summed E-state index contributed by atoms with van der Waals surface area (Å²) in [5.74, 6) is 1.24. The fourth-order valence-corrected chi connectivity index (χ4v) is 4.66. The van der Waals surface area contributed by atoms with Crippen LogP contribution in [0.25, 0.3) is 22.1 Å².